The van der Waals surface area contributed by atoms with Gasteiger partial charge in [0.05, 0.1) is 47.3 Å². The van der Waals surface area contributed by atoms with Crippen molar-refractivity contribution >= 4 is 29.1 Å². The van der Waals surface area contributed by atoms with Gasteiger partial charge in [-0.2, -0.15) is 0 Å². The van der Waals surface area contributed by atoms with Crippen molar-refractivity contribution in [3.8, 4) is 0 Å². The maximum atomic E-state index is 15.0. The van der Waals surface area contributed by atoms with Crippen LogP contribution in [0.1, 0.15) is 156 Å². The Morgan fingerprint density at radius 1 is 1.08 bits per heavy atom. The molecule has 1 amide bonds. The molecule has 0 spiro atoms. The summed E-state index contributed by atoms with van der Waals surface area (Å²) >= 11 is 1.49. The normalized spacial score (nSPS) is 39.0. The predicted octanol–water partition coefficient (Wildman–Crippen LogP) is 9.32. The van der Waals surface area contributed by atoms with Gasteiger partial charge in [-0.25, -0.2) is 4.98 Å². The standard InChI is InChI=1S/C43H74N2O5S/c1-18-42(40(14,15)16)36(47)29(12)35(46)34(24(4)5)28(11)27(10)20-43(26(8)9)41(17,50-43)21-33(45-38(49)30(13)37(42)48)32(23(2)3)19-31-22-51-39(44-31)25(6)7/h19,22-30,33-35,37,46,48H,18,20-21H2,1-17H3,(H,45,49)/b32-19+/t27?,28?,29-,30?,33+,34+,35-,37+,41+,42?,43+/m1/s1/i19D,23D. The van der Waals surface area contributed by atoms with Crippen molar-refractivity contribution in [3.63, 3.8) is 0 Å². The first-order valence-corrected chi connectivity index (χ1v) is 20.5. The summed E-state index contributed by atoms with van der Waals surface area (Å²) in [6.45, 7) is 33.7. The Labute approximate surface area is 318 Å². The molecule has 2 aliphatic heterocycles. The van der Waals surface area contributed by atoms with Gasteiger partial charge in [0.15, 0.2) is 0 Å². The molecular formula is C43H74N2O5S. The number of fused-ring (bicyclic) bond motifs is 1. The molecule has 0 aromatic carbocycles. The van der Waals surface area contributed by atoms with Crippen molar-refractivity contribution in [1.82, 2.24) is 10.3 Å². The molecule has 0 saturated carbocycles. The Morgan fingerprint density at radius 2 is 1.67 bits per heavy atom. The van der Waals surface area contributed by atoms with Gasteiger partial charge >= 0.3 is 0 Å². The molecule has 4 unspecified atom stereocenters. The molecule has 0 radical (unpaired) electrons. The second-order valence-electron chi connectivity index (χ2n) is 18.7. The van der Waals surface area contributed by atoms with E-state index in [4.69, 9.17) is 9.72 Å². The minimum absolute atomic E-state index is 0.0320. The molecule has 0 aliphatic carbocycles. The van der Waals surface area contributed by atoms with Crippen LogP contribution >= 0.6 is 11.3 Å². The van der Waals surface area contributed by atoms with Crippen LogP contribution in [0.5, 0.6) is 0 Å². The summed E-state index contributed by atoms with van der Waals surface area (Å²) in [4.78, 5) is 34.4. The van der Waals surface area contributed by atoms with Crippen LogP contribution in [-0.2, 0) is 14.3 Å². The first-order chi connectivity index (χ1) is 24.1. The molecule has 1 aromatic heterocycles. The molecule has 8 heteroatoms. The third-order valence-electron chi connectivity index (χ3n) is 13.2. The summed E-state index contributed by atoms with van der Waals surface area (Å²) in [6.07, 6.45) is -1.03. The number of thiazole rings is 1. The van der Waals surface area contributed by atoms with E-state index in [9.17, 15) is 22.5 Å². The number of Topliss-reactive ketones (excluding diaryl/α,β-unsaturated/α-hetero) is 1. The molecule has 292 valence electrons. The van der Waals surface area contributed by atoms with Crippen LogP contribution in [-0.4, -0.2) is 56.3 Å². The van der Waals surface area contributed by atoms with Crippen LogP contribution in [0.3, 0.4) is 0 Å². The van der Waals surface area contributed by atoms with Crippen LogP contribution in [0.4, 0.5) is 0 Å². The highest BCUT2D eigenvalue weighted by molar-refractivity contribution is 7.09. The van der Waals surface area contributed by atoms with Gasteiger partial charge in [0, 0.05) is 25.0 Å². The largest absolute Gasteiger partial charge is 0.392 e. The number of ketones is 1. The average Bonchev–Trinajstić information content (AvgIpc) is 3.34. The van der Waals surface area contributed by atoms with Gasteiger partial charge in [0.25, 0.3) is 0 Å². The van der Waals surface area contributed by atoms with Crippen molar-refractivity contribution in [1.29, 1.82) is 0 Å². The number of ether oxygens (including phenoxy) is 1. The second kappa shape index (κ2) is 16.0. The number of carbonyl (C=O) groups is 2. The number of epoxide rings is 1. The molecule has 7 nitrogen and oxygen atoms in total. The van der Waals surface area contributed by atoms with E-state index in [0.29, 0.717) is 24.1 Å². The molecule has 3 heterocycles. The maximum Gasteiger partial charge on any atom is 0.225 e. The maximum absolute atomic E-state index is 15.0. The minimum atomic E-state index is -1.38. The first kappa shape index (κ1) is 40.6. The first-order valence-electron chi connectivity index (χ1n) is 20.6. The average molecular weight is 733 g/mol. The fraction of sp³-hybridized carbons (Fsp3) is 0.837. The lowest BCUT2D eigenvalue weighted by molar-refractivity contribution is -0.164. The van der Waals surface area contributed by atoms with Crippen LogP contribution in [0.15, 0.2) is 11.0 Å². The molecule has 2 saturated heterocycles. The SMILES string of the molecule is [2H]/C(=C(\[C@@H]1C[C@]2(C)O[C@]2(C(C)C)CC(C)C(C)[C@H](C(C)C)[C@H](O)[C@@H](C)C(=O)C(CC)(C(C)(C)C)[C@@H](O)C(C)C(=O)N1)C([2H])(C)C)c1csc(C(C)C)n1. The Balaban J connectivity index is 2.37. The van der Waals surface area contributed by atoms with E-state index in [1.54, 1.807) is 27.7 Å². The highest BCUT2D eigenvalue weighted by atomic mass is 32.1. The van der Waals surface area contributed by atoms with E-state index in [0.717, 1.165) is 5.01 Å². The highest BCUT2D eigenvalue weighted by Crippen LogP contribution is 2.60. The van der Waals surface area contributed by atoms with E-state index < -0.39 is 63.9 Å². The zero-order valence-electron chi connectivity index (χ0n) is 37.0. The molecule has 3 N–H and O–H groups in total. The lowest BCUT2D eigenvalue weighted by Crippen LogP contribution is -2.59. The molecule has 1 aromatic rings. The molecule has 11 atom stereocenters. The van der Waals surface area contributed by atoms with Crippen molar-refractivity contribution in [2.75, 3.05) is 0 Å². The van der Waals surface area contributed by atoms with Gasteiger partial charge in [-0.05, 0) is 72.3 Å². The Bertz CT molecular complexity index is 1490. The lowest BCUT2D eigenvalue weighted by Gasteiger charge is -2.50. The Hall–Kier alpha value is -1.61. The van der Waals surface area contributed by atoms with Crippen LogP contribution in [0.25, 0.3) is 6.05 Å². The topological polar surface area (TPSA) is 112 Å². The van der Waals surface area contributed by atoms with Gasteiger partial charge < -0.3 is 20.3 Å². The number of nitrogens with zero attached hydrogens (tertiary/aromatic N) is 1. The molecule has 3 rings (SSSR count). The smallest absolute Gasteiger partial charge is 0.225 e. The molecular weight excluding hydrogens is 657 g/mol. The van der Waals surface area contributed by atoms with Crippen LogP contribution < -0.4 is 5.32 Å². The van der Waals surface area contributed by atoms with Gasteiger partial charge in [-0.15, -0.1) is 11.3 Å². The lowest BCUT2D eigenvalue weighted by atomic mass is 9.54. The number of hydrogen-bond donors (Lipinski definition) is 3. The number of amides is 1. The van der Waals surface area contributed by atoms with E-state index >= 15 is 0 Å². The minimum Gasteiger partial charge on any atom is -0.392 e. The third-order valence-corrected chi connectivity index (χ3v) is 14.4. The fourth-order valence-electron chi connectivity index (χ4n) is 9.73. The number of aliphatic hydroxyl groups is 2. The summed E-state index contributed by atoms with van der Waals surface area (Å²) in [6, 6.07) is -0.684. The number of nitrogens with one attached hydrogen (secondary N) is 1. The molecule has 0 bridgehead atoms. The van der Waals surface area contributed by atoms with Crippen LogP contribution in [0.2, 0.25) is 0 Å². The van der Waals surface area contributed by atoms with Gasteiger partial charge in [0.2, 0.25) is 5.91 Å². The molecule has 51 heavy (non-hydrogen) atoms. The fourth-order valence-corrected chi connectivity index (χ4v) is 10.5. The molecule has 2 aliphatic rings. The van der Waals surface area contributed by atoms with Crippen molar-refractivity contribution in [2.24, 2.45) is 58.1 Å². The van der Waals surface area contributed by atoms with Gasteiger partial charge in [-0.1, -0.05) is 111 Å². The zero-order chi connectivity index (χ0) is 41.0. The van der Waals surface area contributed by atoms with E-state index in [1.165, 1.54) is 11.3 Å². The quantitative estimate of drug-likeness (QED) is 0.241. The van der Waals surface area contributed by atoms with E-state index in [2.05, 4.69) is 67.6 Å². The van der Waals surface area contributed by atoms with Crippen molar-refractivity contribution in [3.05, 3.63) is 21.7 Å². The summed E-state index contributed by atoms with van der Waals surface area (Å²) in [5.74, 6) is -3.50. The van der Waals surface area contributed by atoms with Crippen LogP contribution in [0, 0.1) is 58.1 Å². The number of hydrogen-bond acceptors (Lipinski definition) is 7. The Kier molecular flexibility index (Phi) is 12.7. The predicted molar refractivity (Wildman–Crippen MR) is 211 cm³/mol. The van der Waals surface area contributed by atoms with Crippen molar-refractivity contribution < 1.29 is 27.3 Å². The summed E-state index contributed by atoms with van der Waals surface area (Å²) in [5, 5.41) is 30.6. The highest BCUT2D eigenvalue weighted by Gasteiger charge is 2.69. The number of aromatic nitrogens is 1. The second-order valence-corrected chi connectivity index (χ2v) is 19.6. The third kappa shape index (κ3) is 8.24. The van der Waals surface area contributed by atoms with E-state index in [-0.39, 0.29) is 53.8 Å². The summed E-state index contributed by atoms with van der Waals surface area (Å²) in [5.41, 5.74) is -2.48. The van der Waals surface area contributed by atoms with Crippen molar-refractivity contribution in [2.45, 2.75) is 172 Å². The number of carbonyl (C=O) groups excluding carboxylic acids is 2. The molecule has 2 fully saturated rings. The monoisotopic (exact) mass is 733 g/mol. The summed E-state index contributed by atoms with van der Waals surface area (Å²) in [7, 11) is 0. The summed E-state index contributed by atoms with van der Waals surface area (Å²) < 4.78 is 25.8. The van der Waals surface area contributed by atoms with E-state index in [1.807, 2.05) is 33.1 Å². The van der Waals surface area contributed by atoms with Gasteiger partial charge in [0.1, 0.15) is 11.4 Å². The number of aliphatic hydroxyl groups excluding tert-OH is 2. The van der Waals surface area contributed by atoms with Gasteiger partial charge in [-0.3, -0.25) is 9.59 Å². The Morgan fingerprint density at radius 3 is 2.12 bits per heavy atom. The number of rotatable bonds is 7. The zero-order valence-corrected chi connectivity index (χ0v) is 35.8.